The second kappa shape index (κ2) is 6.40. The lowest BCUT2D eigenvalue weighted by Crippen LogP contribution is -2.19. The van der Waals surface area contributed by atoms with Gasteiger partial charge in [-0.1, -0.05) is 0 Å². The molecule has 0 atom stereocenters. The molecular formula is C11H9F5O4. The number of benzene rings is 1. The van der Waals surface area contributed by atoms with Crippen molar-refractivity contribution in [3.05, 3.63) is 23.8 Å². The van der Waals surface area contributed by atoms with Gasteiger partial charge in [-0.15, -0.1) is 13.2 Å². The fourth-order valence-electron chi connectivity index (χ4n) is 1.25. The molecule has 1 rings (SSSR count). The Labute approximate surface area is 110 Å². The van der Waals surface area contributed by atoms with Gasteiger partial charge in [0, 0.05) is 0 Å². The summed E-state index contributed by atoms with van der Waals surface area (Å²) in [6.45, 7) is -1.83. The van der Waals surface area contributed by atoms with Crippen LogP contribution in [0.25, 0.3) is 0 Å². The normalized spacial score (nSPS) is 11.3. The summed E-state index contributed by atoms with van der Waals surface area (Å²) in [5.74, 6) is -2.81. The largest absolute Gasteiger partial charge is 0.573 e. The summed E-state index contributed by atoms with van der Waals surface area (Å²) in [5, 5.41) is 0. The Balaban J connectivity index is 3.10. The number of carbonyl (C=O) groups excluding carboxylic acids is 1. The molecule has 0 aliphatic heterocycles. The highest BCUT2D eigenvalue weighted by molar-refractivity contribution is 5.90. The third-order valence-electron chi connectivity index (χ3n) is 1.90. The van der Waals surface area contributed by atoms with E-state index in [1.165, 1.54) is 6.92 Å². The molecule has 0 saturated heterocycles. The zero-order valence-corrected chi connectivity index (χ0v) is 10.0. The quantitative estimate of drug-likeness (QED) is 0.618. The zero-order chi connectivity index (χ0) is 15.3. The molecule has 0 bridgehead atoms. The smallest absolute Gasteiger partial charge is 0.462 e. The summed E-state index contributed by atoms with van der Waals surface area (Å²) in [7, 11) is 0. The van der Waals surface area contributed by atoms with E-state index in [0.29, 0.717) is 6.07 Å². The Bertz CT molecular complexity index is 472. The molecule has 0 aliphatic rings. The molecule has 0 N–H and O–H groups in total. The van der Waals surface area contributed by atoms with Crippen LogP contribution >= 0.6 is 0 Å². The van der Waals surface area contributed by atoms with E-state index in [9.17, 15) is 26.7 Å². The molecule has 0 aromatic heterocycles. The summed E-state index contributed by atoms with van der Waals surface area (Å²) >= 11 is 0. The van der Waals surface area contributed by atoms with Crippen molar-refractivity contribution in [3.63, 3.8) is 0 Å². The van der Waals surface area contributed by atoms with Gasteiger partial charge in [-0.25, -0.2) is 4.79 Å². The molecule has 0 amide bonds. The summed E-state index contributed by atoms with van der Waals surface area (Å²) in [5.41, 5.74) is -0.285. The predicted octanol–water partition coefficient (Wildman–Crippen LogP) is 3.36. The van der Waals surface area contributed by atoms with Crippen molar-refractivity contribution < 1.29 is 41.0 Å². The Hall–Kier alpha value is -2.06. The van der Waals surface area contributed by atoms with Crippen molar-refractivity contribution in [1.82, 2.24) is 0 Å². The fraction of sp³-hybridized carbons (Fsp3) is 0.364. The van der Waals surface area contributed by atoms with Gasteiger partial charge in [0.05, 0.1) is 12.2 Å². The van der Waals surface area contributed by atoms with E-state index in [-0.39, 0.29) is 12.2 Å². The van der Waals surface area contributed by atoms with E-state index in [1.807, 2.05) is 0 Å². The lowest BCUT2D eigenvalue weighted by atomic mass is 10.2. The molecular weight excluding hydrogens is 291 g/mol. The predicted molar refractivity (Wildman–Crippen MR) is 55.7 cm³/mol. The molecule has 4 nitrogen and oxygen atoms in total. The maximum atomic E-state index is 12.2. The van der Waals surface area contributed by atoms with Crippen LogP contribution in [0.2, 0.25) is 0 Å². The minimum atomic E-state index is -5.12. The zero-order valence-electron chi connectivity index (χ0n) is 10.0. The second-order valence-corrected chi connectivity index (χ2v) is 3.31. The van der Waals surface area contributed by atoms with E-state index >= 15 is 0 Å². The first kappa shape index (κ1) is 16.0. The van der Waals surface area contributed by atoms with E-state index < -0.39 is 30.4 Å². The number of halogens is 5. The standard InChI is InChI=1S/C11H9F5O4/c1-2-18-9(17)6-3-4-7(19-10(12)13)8(5-6)20-11(14,15)16/h3-5,10H,2H2,1H3. The van der Waals surface area contributed by atoms with Crippen LogP contribution in [-0.4, -0.2) is 25.6 Å². The van der Waals surface area contributed by atoms with Gasteiger partial charge in [-0.3, -0.25) is 0 Å². The Morgan fingerprint density at radius 2 is 1.90 bits per heavy atom. The molecule has 0 saturated carbocycles. The molecule has 0 radical (unpaired) electrons. The second-order valence-electron chi connectivity index (χ2n) is 3.31. The third-order valence-corrected chi connectivity index (χ3v) is 1.90. The van der Waals surface area contributed by atoms with Crippen molar-refractivity contribution in [2.45, 2.75) is 19.9 Å². The van der Waals surface area contributed by atoms with Crippen molar-refractivity contribution >= 4 is 5.97 Å². The number of hydrogen-bond donors (Lipinski definition) is 0. The fourth-order valence-corrected chi connectivity index (χ4v) is 1.25. The van der Waals surface area contributed by atoms with Crippen molar-refractivity contribution in [1.29, 1.82) is 0 Å². The number of carbonyl (C=O) groups is 1. The molecule has 0 spiro atoms. The van der Waals surface area contributed by atoms with Crippen LogP contribution in [0, 0.1) is 0 Å². The number of ether oxygens (including phenoxy) is 3. The first-order valence-electron chi connectivity index (χ1n) is 5.24. The average molecular weight is 300 g/mol. The number of rotatable bonds is 5. The molecule has 0 aliphatic carbocycles. The average Bonchev–Trinajstić information content (AvgIpc) is 2.29. The minimum Gasteiger partial charge on any atom is -0.462 e. The minimum absolute atomic E-state index is 0.00355. The van der Waals surface area contributed by atoms with E-state index in [4.69, 9.17) is 0 Å². The van der Waals surface area contributed by atoms with Gasteiger partial charge in [-0.05, 0) is 25.1 Å². The van der Waals surface area contributed by atoms with Gasteiger partial charge >= 0.3 is 18.9 Å². The van der Waals surface area contributed by atoms with Gasteiger partial charge in [0.2, 0.25) is 0 Å². The maximum absolute atomic E-state index is 12.2. The van der Waals surface area contributed by atoms with Gasteiger partial charge < -0.3 is 14.2 Å². The first-order valence-corrected chi connectivity index (χ1v) is 5.24. The highest BCUT2D eigenvalue weighted by Gasteiger charge is 2.33. The van der Waals surface area contributed by atoms with E-state index in [1.54, 1.807) is 0 Å². The molecule has 112 valence electrons. The molecule has 1 aromatic rings. The number of hydrogen-bond acceptors (Lipinski definition) is 4. The summed E-state index contributed by atoms with van der Waals surface area (Å²) < 4.78 is 72.6. The topological polar surface area (TPSA) is 44.8 Å². The van der Waals surface area contributed by atoms with Crippen molar-refractivity contribution in [2.24, 2.45) is 0 Å². The van der Waals surface area contributed by atoms with Crippen molar-refractivity contribution in [2.75, 3.05) is 6.61 Å². The van der Waals surface area contributed by atoms with Crippen molar-refractivity contribution in [3.8, 4) is 11.5 Å². The summed E-state index contributed by atoms with van der Waals surface area (Å²) in [6.07, 6.45) is -5.12. The van der Waals surface area contributed by atoms with Gasteiger partial charge in [0.1, 0.15) is 0 Å². The van der Waals surface area contributed by atoms with E-state index in [0.717, 1.165) is 12.1 Å². The lowest BCUT2D eigenvalue weighted by Gasteiger charge is -2.14. The van der Waals surface area contributed by atoms with Crippen LogP contribution in [0.5, 0.6) is 11.5 Å². The lowest BCUT2D eigenvalue weighted by molar-refractivity contribution is -0.275. The SMILES string of the molecule is CCOC(=O)c1ccc(OC(F)F)c(OC(F)(F)F)c1. The molecule has 0 fully saturated rings. The number of alkyl halides is 5. The highest BCUT2D eigenvalue weighted by Crippen LogP contribution is 2.34. The molecule has 9 heteroatoms. The van der Waals surface area contributed by atoms with Gasteiger partial charge in [-0.2, -0.15) is 8.78 Å². The Morgan fingerprint density at radius 1 is 1.25 bits per heavy atom. The highest BCUT2D eigenvalue weighted by atomic mass is 19.4. The van der Waals surface area contributed by atoms with Crippen LogP contribution in [0.1, 0.15) is 17.3 Å². The molecule has 20 heavy (non-hydrogen) atoms. The van der Waals surface area contributed by atoms with Crippen LogP contribution in [0.3, 0.4) is 0 Å². The third kappa shape index (κ3) is 4.90. The van der Waals surface area contributed by atoms with Crippen LogP contribution < -0.4 is 9.47 Å². The van der Waals surface area contributed by atoms with Crippen LogP contribution in [0.4, 0.5) is 22.0 Å². The Kier molecular flexibility index (Phi) is 5.12. The summed E-state index contributed by atoms with van der Waals surface area (Å²) in [4.78, 5) is 11.3. The first-order chi connectivity index (χ1) is 9.23. The maximum Gasteiger partial charge on any atom is 0.573 e. The van der Waals surface area contributed by atoms with E-state index in [2.05, 4.69) is 14.2 Å². The number of esters is 1. The molecule has 0 heterocycles. The van der Waals surface area contributed by atoms with Crippen LogP contribution in [-0.2, 0) is 4.74 Å². The Morgan fingerprint density at radius 3 is 2.40 bits per heavy atom. The van der Waals surface area contributed by atoms with Crippen LogP contribution in [0.15, 0.2) is 18.2 Å². The van der Waals surface area contributed by atoms with Gasteiger partial charge in [0.15, 0.2) is 11.5 Å². The summed E-state index contributed by atoms with van der Waals surface area (Å²) in [6, 6.07) is 2.36. The molecule has 1 aromatic carbocycles. The molecule has 0 unspecified atom stereocenters. The monoisotopic (exact) mass is 300 g/mol. The van der Waals surface area contributed by atoms with Gasteiger partial charge in [0.25, 0.3) is 0 Å².